The molecule has 33 heavy (non-hydrogen) atoms. The van der Waals surface area contributed by atoms with E-state index in [2.05, 4.69) is 52.6 Å². The van der Waals surface area contributed by atoms with Crippen LogP contribution in [-0.2, 0) is 16.0 Å². The summed E-state index contributed by atoms with van der Waals surface area (Å²) in [6.45, 7) is 7.66. The van der Waals surface area contributed by atoms with E-state index < -0.39 is 0 Å². The maximum atomic E-state index is 11.5. The molecule has 0 saturated carbocycles. The predicted octanol–water partition coefficient (Wildman–Crippen LogP) is 3.83. The van der Waals surface area contributed by atoms with Gasteiger partial charge in [-0.3, -0.25) is 9.79 Å². The summed E-state index contributed by atoms with van der Waals surface area (Å²) in [6.07, 6.45) is 1.31. The monoisotopic (exact) mass is 564 g/mol. The number of benzene rings is 2. The van der Waals surface area contributed by atoms with Crippen molar-refractivity contribution in [1.82, 2.24) is 10.2 Å². The molecule has 1 amide bonds. The van der Waals surface area contributed by atoms with Crippen molar-refractivity contribution in [2.75, 3.05) is 45.2 Å². The normalized spacial score (nSPS) is 18.2. The average molecular weight is 564 g/mol. The van der Waals surface area contributed by atoms with Crippen molar-refractivity contribution < 1.29 is 14.3 Å². The molecular formula is C25H33IN4O3. The Bertz CT molecular complexity index is 1010. The molecule has 2 aliphatic heterocycles. The van der Waals surface area contributed by atoms with Crippen molar-refractivity contribution in [3.05, 3.63) is 58.7 Å². The third-order valence-electron chi connectivity index (χ3n) is 5.98. The number of morpholine rings is 1. The second kappa shape index (κ2) is 11.7. The average Bonchev–Trinajstić information content (AvgIpc) is 2.79. The Morgan fingerprint density at radius 2 is 2.09 bits per heavy atom. The van der Waals surface area contributed by atoms with Crippen molar-refractivity contribution in [2.24, 2.45) is 4.99 Å². The molecule has 0 bridgehead atoms. The summed E-state index contributed by atoms with van der Waals surface area (Å²) in [5.41, 5.74) is 5.77. The minimum Gasteiger partial charge on any atom is -0.492 e. The molecule has 7 nitrogen and oxygen atoms in total. The number of nitrogens with zero attached hydrogens (tertiary/aromatic N) is 2. The standard InChI is InChI=1S/C25H32N4O3.HI/c1-17-4-7-21(18(2)14-17)23-16-29(11-13-32-23)25(26-3)27-10-12-31-20-6-8-22-19(15-20)5-9-24(30)28-22;/h4,6-8,14-15,23H,5,9-13,16H2,1-3H3,(H,26,27)(H,28,30);1H. The highest BCUT2D eigenvalue weighted by molar-refractivity contribution is 14.0. The molecule has 0 aromatic heterocycles. The Kier molecular flexibility index (Phi) is 8.96. The number of ether oxygens (including phenoxy) is 2. The third kappa shape index (κ3) is 6.38. The van der Waals surface area contributed by atoms with Crippen molar-refractivity contribution in [3.63, 3.8) is 0 Å². The molecule has 1 atom stereocenters. The Balaban J connectivity index is 0.00000306. The maximum Gasteiger partial charge on any atom is 0.224 e. The highest BCUT2D eigenvalue weighted by atomic mass is 127. The summed E-state index contributed by atoms with van der Waals surface area (Å²) in [5.74, 6) is 1.75. The summed E-state index contributed by atoms with van der Waals surface area (Å²) in [4.78, 5) is 18.2. The fraction of sp³-hybridized carbons (Fsp3) is 0.440. The molecule has 1 unspecified atom stereocenters. The van der Waals surface area contributed by atoms with E-state index in [0.717, 1.165) is 42.5 Å². The van der Waals surface area contributed by atoms with Crippen LogP contribution in [0.4, 0.5) is 5.69 Å². The number of aryl methyl sites for hydroxylation is 3. The van der Waals surface area contributed by atoms with Gasteiger partial charge in [-0.05, 0) is 55.2 Å². The lowest BCUT2D eigenvalue weighted by atomic mass is 10.00. The van der Waals surface area contributed by atoms with Gasteiger partial charge in [-0.25, -0.2) is 0 Å². The molecule has 0 radical (unpaired) electrons. The first kappa shape index (κ1) is 25.3. The predicted molar refractivity (Wildman–Crippen MR) is 142 cm³/mol. The number of rotatable bonds is 5. The number of nitrogens with one attached hydrogen (secondary N) is 2. The Morgan fingerprint density at radius 3 is 2.88 bits per heavy atom. The number of fused-ring (bicyclic) bond motifs is 1. The number of anilines is 1. The molecule has 2 heterocycles. The van der Waals surface area contributed by atoms with E-state index in [9.17, 15) is 4.79 Å². The lowest BCUT2D eigenvalue weighted by Crippen LogP contribution is -2.49. The van der Waals surface area contributed by atoms with E-state index in [-0.39, 0.29) is 36.0 Å². The number of halogens is 1. The van der Waals surface area contributed by atoms with Crippen LogP contribution < -0.4 is 15.4 Å². The fourth-order valence-electron chi connectivity index (χ4n) is 4.33. The van der Waals surface area contributed by atoms with Crippen molar-refractivity contribution in [1.29, 1.82) is 0 Å². The van der Waals surface area contributed by atoms with Crippen LogP contribution in [0.25, 0.3) is 0 Å². The molecule has 0 spiro atoms. The van der Waals surface area contributed by atoms with Gasteiger partial charge in [0.2, 0.25) is 5.91 Å². The van der Waals surface area contributed by atoms with Gasteiger partial charge in [0.15, 0.2) is 5.96 Å². The summed E-state index contributed by atoms with van der Waals surface area (Å²) in [5, 5.41) is 6.31. The molecule has 0 aliphatic carbocycles. The highest BCUT2D eigenvalue weighted by Gasteiger charge is 2.25. The van der Waals surface area contributed by atoms with E-state index in [1.54, 1.807) is 0 Å². The SMILES string of the molecule is CN=C(NCCOc1ccc2c(c1)CCC(=O)N2)N1CCOC(c2ccc(C)cc2C)C1.I. The Morgan fingerprint density at radius 1 is 1.24 bits per heavy atom. The second-order valence-corrected chi connectivity index (χ2v) is 8.36. The lowest BCUT2D eigenvalue weighted by molar-refractivity contribution is -0.116. The van der Waals surface area contributed by atoms with Crippen LogP contribution in [0.2, 0.25) is 0 Å². The third-order valence-corrected chi connectivity index (χ3v) is 5.98. The van der Waals surface area contributed by atoms with Gasteiger partial charge in [0.05, 0.1) is 19.7 Å². The van der Waals surface area contributed by atoms with Gasteiger partial charge in [-0.1, -0.05) is 23.8 Å². The van der Waals surface area contributed by atoms with Gasteiger partial charge >= 0.3 is 0 Å². The van der Waals surface area contributed by atoms with Crippen LogP contribution in [0.15, 0.2) is 41.4 Å². The summed E-state index contributed by atoms with van der Waals surface area (Å²) < 4.78 is 12.0. The van der Waals surface area contributed by atoms with Crippen LogP contribution in [0, 0.1) is 13.8 Å². The second-order valence-electron chi connectivity index (χ2n) is 8.36. The molecule has 2 aromatic carbocycles. The summed E-state index contributed by atoms with van der Waals surface area (Å²) >= 11 is 0. The number of hydrogen-bond acceptors (Lipinski definition) is 4. The van der Waals surface area contributed by atoms with Gasteiger partial charge in [-0.15, -0.1) is 24.0 Å². The van der Waals surface area contributed by atoms with Crippen LogP contribution in [0.3, 0.4) is 0 Å². The first-order chi connectivity index (χ1) is 15.5. The van der Waals surface area contributed by atoms with E-state index >= 15 is 0 Å². The quantitative estimate of drug-likeness (QED) is 0.250. The zero-order valence-corrected chi connectivity index (χ0v) is 21.8. The highest BCUT2D eigenvalue weighted by Crippen LogP contribution is 2.27. The molecule has 1 saturated heterocycles. The molecule has 2 aliphatic rings. The molecule has 178 valence electrons. The zero-order chi connectivity index (χ0) is 22.5. The lowest BCUT2D eigenvalue weighted by Gasteiger charge is -2.35. The van der Waals surface area contributed by atoms with Crippen molar-refractivity contribution >= 4 is 41.5 Å². The smallest absolute Gasteiger partial charge is 0.224 e. The first-order valence-electron chi connectivity index (χ1n) is 11.2. The number of carbonyl (C=O) groups excluding carboxylic acids is 1. The molecule has 4 rings (SSSR count). The van der Waals surface area contributed by atoms with E-state index in [0.29, 0.717) is 26.2 Å². The van der Waals surface area contributed by atoms with Crippen LogP contribution in [0.1, 0.15) is 34.8 Å². The number of amides is 1. The van der Waals surface area contributed by atoms with E-state index in [1.165, 1.54) is 16.7 Å². The van der Waals surface area contributed by atoms with Crippen molar-refractivity contribution in [2.45, 2.75) is 32.8 Å². The first-order valence-corrected chi connectivity index (χ1v) is 11.2. The minimum atomic E-state index is 0. The minimum absolute atomic E-state index is 0. The van der Waals surface area contributed by atoms with Crippen molar-refractivity contribution in [3.8, 4) is 5.75 Å². The Hall–Kier alpha value is -2.33. The topological polar surface area (TPSA) is 75.2 Å². The molecule has 2 N–H and O–H groups in total. The van der Waals surface area contributed by atoms with Gasteiger partial charge in [0.25, 0.3) is 0 Å². The maximum absolute atomic E-state index is 11.5. The molecular weight excluding hydrogens is 531 g/mol. The summed E-state index contributed by atoms with van der Waals surface area (Å²) in [7, 11) is 1.81. The fourth-order valence-corrected chi connectivity index (χ4v) is 4.33. The molecule has 2 aromatic rings. The van der Waals surface area contributed by atoms with Crippen LogP contribution in [-0.4, -0.2) is 56.7 Å². The largest absolute Gasteiger partial charge is 0.492 e. The number of aliphatic imine (C=N–C) groups is 1. The number of carbonyl (C=O) groups is 1. The summed E-state index contributed by atoms with van der Waals surface area (Å²) in [6, 6.07) is 12.3. The van der Waals surface area contributed by atoms with Gasteiger partial charge < -0.3 is 25.0 Å². The van der Waals surface area contributed by atoms with Crippen LogP contribution >= 0.6 is 24.0 Å². The molecule has 1 fully saturated rings. The number of hydrogen-bond donors (Lipinski definition) is 2. The van der Waals surface area contributed by atoms with Gasteiger partial charge in [0, 0.05) is 25.7 Å². The van der Waals surface area contributed by atoms with Crippen LogP contribution in [0.5, 0.6) is 5.75 Å². The van der Waals surface area contributed by atoms with E-state index in [1.807, 2.05) is 25.2 Å². The Labute approximate surface area is 213 Å². The van der Waals surface area contributed by atoms with Gasteiger partial charge in [-0.2, -0.15) is 0 Å². The van der Waals surface area contributed by atoms with E-state index in [4.69, 9.17) is 9.47 Å². The van der Waals surface area contributed by atoms with Gasteiger partial charge in [0.1, 0.15) is 18.5 Å². The zero-order valence-electron chi connectivity index (χ0n) is 19.5. The number of guanidine groups is 1. The molecule has 8 heteroatoms.